The second-order valence-electron chi connectivity index (χ2n) is 2.50. The molecule has 1 unspecified atom stereocenters. The maximum Gasteiger partial charge on any atom is 0.165 e. The molecule has 1 rings (SSSR count). The van der Waals surface area contributed by atoms with Gasteiger partial charge in [-0.15, -0.1) is 11.6 Å². The lowest BCUT2D eigenvalue weighted by Crippen LogP contribution is -2.12. The number of halogens is 2. The largest absolute Gasteiger partial charge is 0.366 e. The highest BCUT2D eigenvalue weighted by Crippen LogP contribution is 2.08. The number of anilines is 1. The average molecular weight is 189 g/mol. The first-order chi connectivity index (χ1) is 5.70. The summed E-state index contributed by atoms with van der Waals surface area (Å²) >= 11 is 5.67. The molecule has 0 aliphatic rings. The van der Waals surface area contributed by atoms with Crippen LogP contribution in [0.1, 0.15) is 6.92 Å². The van der Waals surface area contributed by atoms with Gasteiger partial charge in [0.05, 0.1) is 0 Å². The van der Waals surface area contributed by atoms with Crippen molar-refractivity contribution in [1.29, 1.82) is 0 Å². The van der Waals surface area contributed by atoms with Crippen molar-refractivity contribution in [2.24, 2.45) is 0 Å². The van der Waals surface area contributed by atoms with Crippen LogP contribution in [0.25, 0.3) is 0 Å². The highest BCUT2D eigenvalue weighted by Gasteiger charge is 2.01. The van der Waals surface area contributed by atoms with Gasteiger partial charge >= 0.3 is 0 Å². The minimum Gasteiger partial charge on any atom is -0.366 e. The van der Waals surface area contributed by atoms with Crippen LogP contribution in [0.4, 0.5) is 10.2 Å². The highest BCUT2D eigenvalue weighted by molar-refractivity contribution is 6.20. The standard InChI is InChI=1S/C8H10ClFN2/c1-6(9)5-12-8-7(10)3-2-4-11-8/h2-4,6H,5H2,1H3,(H,11,12). The van der Waals surface area contributed by atoms with Crippen molar-refractivity contribution in [1.82, 2.24) is 4.98 Å². The zero-order valence-electron chi connectivity index (χ0n) is 6.72. The number of pyridine rings is 1. The lowest BCUT2D eigenvalue weighted by atomic mass is 10.4. The summed E-state index contributed by atoms with van der Waals surface area (Å²) in [6.07, 6.45) is 1.53. The summed E-state index contributed by atoms with van der Waals surface area (Å²) in [5, 5.41) is 2.76. The fourth-order valence-corrected chi connectivity index (χ4v) is 0.830. The minimum absolute atomic E-state index is 0.0357. The first kappa shape index (κ1) is 9.26. The maximum atomic E-state index is 12.9. The zero-order valence-corrected chi connectivity index (χ0v) is 7.48. The summed E-state index contributed by atoms with van der Waals surface area (Å²) in [5.41, 5.74) is 0. The Bertz CT molecular complexity index is 253. The Hall–Kier alpha value is -0.830. The number of alkyl halides is 1. The van der Waals surface area contributed by atoms with E-state index in [-0.39, 0.29) is 17.0 Å². The third-order valence-corrected chi connectivity index (χ3v) is 1.46. The lowest BCUT2D eigenvalue weighted by Gasteiger charge is -2.06. The molecule has 0 spiro atoms. The predicted molar refractivity (Wildman–Crippen MR) is 48.0 cm³/mol. The predicted octanol–water partition coefficient (Wildman–Crippen LogP) is 2.26. The molecule has 0 aliphatic carbocycles. The summed E-state index contributed by atoms with van der Waals surface area (Å²) in [4.78, 5) is 3.81. The third-order valence-electron chi connectivity index (χ3n) is 1.31. The molecule has 0 bridgehead atoms. The Balaban J connectivity index is 2.57. The molecule has 0 amide bonds. The first-order valence-corrected chi connectivity index (χ1v) is 4.12. The highest BCUT2D eigenvalue weighted by atomic mass is 35.5. The molecular formula is C8H10ClFN2. The second kappa shape index (κ2) is 4.26. The maximum absolute atomic E-state index is 12.9. The minimum atomic E-state index is -0.352. The van der Waals surface area contributed by atoms with Crippen LogP contribution in [0.2, 0.25) is 0 Å². The van der Waals surface area contributed by atoms with E-state index in [1.165, 1.54) is 12.3 Å². The van der Waals surface area contributed by atoms with Crippen molar-refractivity contribution >= 4 is 17.4 Å². The fourth-order valence-electron chi connectivity index (χ4n) is 0.753. The molecule has 0 saturated carbocycles. The van der Waals surface area contributed by atoms with E-state index in [4.69, 9.17) is 11.6 Å². The molecule has 4 heteroatoms. The number of hydrogen-bond acceptors (Lipinski definition) is 2. The number of rotatable bonds is 3. The van der Waals surface area contributed by atoms with E-state index in [1.54, 1.807) is 6.07 Å². The number of aromatic nitrogens is 1. The van der Waals surface area contributed by atoms with Crippen LogP contribution in [0.15, 0.2) is 18.3 Å². The molecule has 0 aromatic carbocycles. The van der Waals surface area contributed by atoms with Gasteiger partial charge in [0.2, 0.25) is 0 Å². The van der Waals surface area contributed by atoms with Crippen LogP contribution in [-0.4, -0.2) is 16.9 Å². The van der Waals surface area contributed by atoms with Gasteiger partial charge in [-0.3, -0.25) is 0 Å². The number of hydrogen-bond donors (Lipinski definition) is 1. The summed E-state index contributed by atoms with van der Waals surface area (Å²) in [6, 6.07) is 2.90. The molecule has 66 valence electrons. The molecule has 1 aromatic heterocycles. The molecule has 1 atom stereocenters. The van der Waals surface area contributed by atoms with Gasteiger partial charge in [-0.05, 0) is 19.1 Å². The number of nitrogens with zero attached hydrogens (tertiary/aromatic N) is 1. The van der Waals surface area contributed by atoms with Gasteiger partial charge in [-0.1, -0.05) is 0 Å². The second-order valence-corrected chi connectivity index (χ2v) is 3.24. The van der Waals surface area contributed by atoms with Crippen LogP contribution < -0.4 is 5.32 Å². The lowest BCUT2D eigenvalue weighted by molar-refractivity contribution is 0.624. The first-order valence-electron chi connectivity index (χ1n) is 3.68. The Morgan fingerprint density at radius 1 is 1.75 bits per heavy atom. The van der Waals surface area contributed by atoms with E-state index >= 15 is 0 Å². The summed E-state index contributed by atoms with van der Waals surface area (Å²) in [7, 11) is 0. The van der Waals surface area contributed by atoms with Crippen molar-refractivity contribution < 1.29 is 4.39 Å². The Kier molecular flexibility index (Phi) is 3.29. The van der Waals surface area contributed by atoms with Crippen molar-refractivity contribution in [3.8, 4) is 0 Å². The molecule has 0 saturated heterocycles. The van der Waals surface area contributed by atoms with Gasteiger partial charge in [-0.2, -0.15) is 0 Å². The van der Waals surface area contributed by atoms with Crippen LogP contribution in [0, 0.1) is 5.82 Å². The molecule has 0 radical (unpaired) electrons. The SMILES string of the molecule is CC(Cl)CNc1ncccc1F. The Labute approximate surface area is 75.8 Å². The van der Waals surface area contributed by atoms with E-state index in [0.717, 1.165) is 0 Å². The normalized spacial score (nSPS) is 12.6. The van der Waals surface area contributed by atoms with Gasteiger partial charge in [-0.25, -0.2) is 9.37 Å². The van der Waals surface area contributed by atoms with Crippen LogP contribution in [0.3, 0.4) is 0 Å². The molecule has 1 N–H and O–H groups in total. The zero-order chi connectivity index (χ0) is 8.97. The van der Waals surface area contributed by atoms with E-state index in [0.29, 0.717) is 6.54 Å². The van der Waals surface area contributed by atoms with Crippen molar-refractivity contribution in [2.75, 3.05) is 11.9 Å². The van der Waals surface area contributed by atoms with E-state index < -0.39 is 0 Å². The van der Waals surface area contributed by atoms with Gasteiger partial charge in [0.1, 0.15) is 0 Å². The number of nitrogens with one attached hydrogen (secondary N) is 1. The van der Waals surface area contributed by atoms with Crippen LogP contribution in [-0.2, 0) is 0 Å². The fraction of sp³-hybridized carbons (Fsp3) is 0.375. The molecular weight excluding hydrogens is 179 g/mol. The Morgan fingerprint density at radius 3 is 3.08 bits per heavy atom. The van der Waals surface area contributed by atoms with Crippen LogP contribution >= 0.6 is 11.6 Å². The van der Waals surface area contributed by atoms with E-state index in [2.05, 4.69) is 10.3 Å². The van der Waals surface area contributed by atoms with Gasteiger partial charge in [0.25, 0.3) is 0 Å². The van der Waals surface area contributed by atoms with Gasteiger partial charge in [0.15, 0.2) is 11.6 Å². The summed E-state index contributed by atoms with van der Waals surface area (Å²) in [5.74, 6) is -0.0974. The third kappa shape index (κ3) is 2.66. The molecule has 2 nitrogen and oxygen atoms in total. The van der Waals surface area contributed by atoms with Gasteiger partial charge < -0.3 is 5.32 Å². The Morgan fingerprint density at radius 2 is 2.50 bits per heavy atom. The molecule has 0 aliphatic heterocycles. The van der Waals surface area contributed by atoms with Crippen molar-refractivity contribution in [3.05, 3.63) is 24.1 Å². The monoisotopic (exact) mass is 188 g/mol. The molecule has 1 aromatic rings. The van der Waals surface area contributed by atoms with Crippen molar-refractivity contribution in [2.45, 2.75) is 12.3 Å². The molecule has 0 fully saturated rings. The molecule has 12 heavy (non-hydrogen) atoms. The quantitative estimate of drug-likeness (QED) is 0.737. The van der Waals surface area contributed by atoms with E-state index in [9.17, 15) is 4.39 Å². The summed E-state index contributed by atoms with van der Waals surface area (Å²) < 4.78 is 12.9. The summed E-state index contributed by atoms with van der Waals surface area (Å²) in [6.45, 7) is 2.34. The van der Waals surface area contributed by atoms with Gasteiger partial charge in [0, 0.05) is 18.1 Å². The van der Waals surface area contributed by atoms with Crippen LogP contribution in [0.5, 0.6) is 0 Å². The van der Waals surface area contributed by atoms with Crippen molar-refractivity contribution in [3.63, 3.8) is 0 Å². The van der Waals surface area contributed by atoms with E-state index in [1.807, 2.05) is 6.92 Å². The smallest absolute Gasteiger partial charge is 0.165 e. The molecule has 1 heterocycles. The topological polar surface area (TPSA) is 24.9 Å². The average Bonchev–Trinajstić information content (AvgIpc) is 2.03.